The summed E-state index contributed by atoms with van der Waals surface area (Å²) in [6.45, 7) is -0.597. The molecular formula is C10H18N2O4. The van der Waals surface area contributed by atoms with Gasteiger partial charge in [-0.05, 0) is 19.3 Å². The molecule has 0 radical (unpaired) electrons. The summed E-state index contributed by atoms with van der Waals surface area (Å²) < 4.78 is 0. The predicted molar refractivity (Wildman–Crippen MR) is 56.6 cm³/mol. The fraction of sp³-hybridized carbons (Fsp3) is 0.800. The van der Waals surface area contributed by atoms with E-state index < -0.39 is 18.6 Å². The molecule has 0 heterocycles. The lowest BCUT2D eigenvalue weighted by atomic mass is 9.85. The maximum Gasteiger partial charge on any atom is 0.328 e. The molecule has 16 heavy (non-hydrogen) atoms. The van der Waals surface area contributed by atoms with Crippen molar-refractivity contribution in [3.8, 4) is 0 Å². The topological polar surface area (TPSA) is 113 Å². The van der Waals surface area contributed by atoms with Gasteiger partial charge in [-0.15, -0.1) is 0 Å². The van der Waals surface area contributed by atoms with Gasteiger partial charge in [0.1, 0.15) is 6.04 Å². The van der Waals surface area contributed by atoms with Crippen LogP contribution < -0.4 is 11.1 Å². The van der Waals surface area contributed by atoms with E-state index in [0.29, 0.717) is 6.42 Å². The van der Waals surface area contributed by atoms with Crippen LogP contribution in [0, 0.1) is 5.92 Å². The fourth-order valence-electron chi connectivity index (χ4n) is 1.94. The van der Waals surface area contributed by atoms with Gasteiger partial charge in [-0.1, -0.05) is 6.42 Å². The SMILES string of the molecule is NC1CCCC(C(=O)N[C@@H](CO)C(=O)O)C1. The van der Waals surface area contributed by atoms with Crippen molar-refractivity contribution in [1.29, 1.82) is 0 Å². The van der Waals surface area contributed by atoms with Crippen LogP contribution in [0.5, 0.6) is 0 Å². The number of carbonyl (C=O) groups excluding carboxylic acids is 1. The molecule has 1 rings (SSSR count). The number of aliphatic hydroxyl groups is 1. The summed E-state index contributed by atoms with van der Waals surface area (Å²) in [5, 5.41) is 19.8. The van der Waals surface area contributed by atoms with Crippen molar-refractivity contribution in [1.82, 2.24) is 5.32 Å². The molecular weight excluding hydrogens is 212 g/mol. The summed E-state index contributed by atoms with van der Waals surface area (Å²) >= 11 is 0. The number of hydrogen-bond acceptors (Lipinski definition) is 4. The van der Waals surface area contributed by atoms with E-state index >= 15 is 0 Å². The minimum atomic E-state index is -1.23. The third-order valence-electron chi connectivity index (χ3n) is 2.88. The number of carboxylic acids is 1. The Labute approximate surface area is 93.8 Å². The average molecular weight is 230 g/mol. The Hall–Kier alpha value is -1.14. The number of nitrogens with one attached hydrogen (secondary N) is 1. The lowest BCUT2D eigenvalue weighted by molar-refractivity contribution is -0.143. The maximum absolute atomic E-state index is 11.7. The van der Waals surface area contributed by atoms with Crippen LogP contribution in [0.2, 0.25) is 0 Å². The van der Waals surface area contributed by atoms with Crippen molar-refractivity contribution in [3.05, 3.63) is 0 Å². The third-order valence-corrected chi connectivity index (χ3v) is 2.88. The Morgan fingerprint density at radius 2 is 2.12 bits per heavy atom. The van der Waals surface area contributed by atoms with E-state index in [1.807, 2.05) is 0 Å². The molecule has 5 N–H and O–H groups in total. The van der Waals surface area contributed by atoms with E-state index in [-0.39, 0.29) is 17.9 Å². The molecule has 3 atom stereocenters. The van der Waals surface area contributed by atoms with Crippen LogP contribution in [0.4, 0.5) is 0 Å². The molecule has 6 nitrogen and oxygen atoms in total. The van der Waals surface area contributed by atoms with Gasteiger partial charge >= 0.3 is 5.97 Å². The molecule has 0 aromatic heterocycles. The highest BCUT2D eigenvalue weighted by molar-refractivity contribution is 5.85. The van der Waals surface area contributed by atoms with Crippen LogP contribution in [-0.2, 0) is 9.59 Å². The Balaban J connectivity index is 2.47. The van der Waals surface area contributed by atoms with Gasteiger partial charge in [0.05, 0.1) is 6.61 Å². The van der Waals surface area contributed by atoms with Crippen LogP contribution >= 0.6 is 0 Å². The molecule has 0 bridgehead atoms. The monoisotopic (exact) mass is 230 g/mol. The number of aliphatic carboxylic acids is 1. The molecule has 92 valence electrons. The van der Waals surface area contributed by atoms with Crippen molar-refractivity contribution < 1.29 is 19.8 Å². The van der Waals surface area contributed by atoms with E-state index in [1.54, 1.807) is 0 Å². The first kappa shape index (κ1) is 12.9. The number of aliphatic hydroxyl groups excluding tert-OH is 1. The Morgan fingerprint density at radius 3 is 2.62 bits per heavy atom. The normalized spacial score (nSPS) is 27.1. The molecule has 1 saturated carbocycles. The van der Waals surface area contributed by atoms with Gasteiger partial charge in [-0.25, -0.2) is 4.79 Å². The molecule has 0 aliphatic heterocycles. The zero-order valence-corrected chi connectivity index (χ0v) is 9.06. The third kappa shape index (κ3) is 3.46. The highest BCUT2D eigenvalue weighted by atomic mass is 16.4. The molecule has 2 unspecified atom stereocenters. The Kier molecular flexibility index (Phi) is 4.70. The summed E-state index contributed by atoms with van der Waals surface area (Å²) in [6.07, 6.45) is 3.11. The van der Waals surface area contributed by atoms with E-state index in [2.05, 4.69) is 5.32 Å². The predicted octanol–water partition coefficient (Wildman–Crippen LogP) is -0.934. The van der Waals surface area contributed by atoms with Crippen molar-refractivity contribution >= 4 is 11.9 Å². The van der Waals surface area contributed by atoms with Gasteiger partial charge in [-0.2, -0.15) is 0 Å². The molecule has 0 saturated heterocycles. The minimum Gasteiger partial charge on any atom is -0.480 e. The van der Waals surface area contributed by atoms with Crippen LogP contribution in [0.1, 0.15) is 25.7 Å². The molecule has 1 amide bonds. The van der Waals surface area contributed by atoms with E-state index in [0.717, 1.165) is 19.3 Å². The molecule has 0 aromatic carbocycles. The minimum absolute atomic E-state index is 0.0157. The second-order valence-corrected chi connectivity index (χ2v) is 4.21. The lowest BCUT2D eigenvalue weighted by Gasteiger charge is -2.26. The molecule has 1 fully saturated rings. The first-order valence-electron chi connectivity index (χ1n) is 5.44. The van der Waals surface area contributed by atoms with Gasteiger partial charge in [0, 0.05) is 12.0 Å². The van der Waals surface area contributed by atoms with E-state index in [4.69, 9.17) is 15.9 Å². The fourth-order valence-corrected chi connectivity index (χ4v) is 1.94. The first-order valence-corrected chi connectivity index (χ1v) is 5.44. The largest absolute Gasteiger partial charge is 0.480 e. The molecule has 0 aromatic rings. The van der Waals surface area contributed by atoms with Crippen molar-refractivity contribution in [2.24, 2.45) is 11.7 Å². The van der Waals surface area contributed by atoms with Crippen molar-refractivity contribution in [2.75, 3.05) is 6.61 Å². The van der Waals surface area contributed by atoms with Gasteiger partial charge in [-0.3, -0.25) is 4.79 Å². The quantitative estimate of drug-likeness (QED) is 0.498. The van der Waals surface area contributed by atoms with Crippen LogP contribution in [0.25, 0.3) is 0 Å². The zero-order chi connectivity index (χ0) is 12.1. The number of carbonyl (C=O) groups is 2. The zero-order valence-electron chi connectivity index (χ0n) is 9.06. The van der Waals surface area contributed by atoms with Crippen molar-refractivity contribution in [2.45, 2.75) is 37.8 Å². The van der Waals surface area contributed by atoms with Crippen LogP contribution in [-0.4, -0.2) is 40.8 Å². The van der Waals surface area contributed by atoms with Gasteiger partial charge in [0.25, 0.3) is 0 Å². The van der Waals surface area contributed by atoms with Gasteiger partial charge < -0.3 is 21.3 Å². The number of hydrogen-bond donors (Lipinski definition) is 4. The smallest absolute Gasteiger partial charge is 0.328 e. The summed E-state index contributed by atoms with van der Waals surface area (Å²) in [4.78, 5) is 22.3. The maximum atomic E-state index is 11.7. The molecule has 6 heteroatoms. The van der Waals surface area contributed by atoms with Crippen LogP contribution in [0.15, 0.2) is 0 Å². The first-order chi connectivity index (χ1) is 7.54. The lowest BCUT2D eigenvalue weighted by Crippen LogP contribution is -2.47. The summed E-state index contributed by atoms with van der Waals surface area (Å²) in [6, 6.07) is -1.20. The number of carboxylic acid groups (broad SMARTS) is 1. The molecule has 1 aliphatic carbocycles. The molecule has 1 aliphatic rings. The Morgan fingerprint density at radius 1 is 1.44 bits per heavy atom. The van der Waals surface area contributed by atoms with E-state index in [9.17, 15) is 9.59 Å². The molecule has 0 spiro atoms. The number of nitrogens with two attached hydrogens (primary N) is 1. The second kappa shape index (κ2) is 5.81. The highest BCUT2D eigenvalue weighted by Gasteiger charge is 2.28. The van der Waals surface area contributed by atoms with Crippen LogP contribution in [0.3, 0.4) is 0 Å². The van der Waals surface area contributed by atoms with Crippen molar-refractivity contribution in [3.63, 3.8) is 0 Å². The summed E-state index contributed by atoms with van der Waals surface area (Å²) in [5.41, 5.74) is 5.74. The standard InChI is InChI=1S/C10H18N2O4/c11-7-3-1-2-6(4-7)9(14)12-8(5-13)10(15)16/h6-8,13H,1-5,11H2,(H,12,14)(H,15,16)/t6?,7?,8-/m0/s1. The average Bonchev–Trinajstić information content (AvgIpc) is 2.25. The second-order valence-electron chi connectivity index (χ2n) is 4.21. The summed E-state index contributed by atoms with van der Waals surface area (Å²) in [5.74, 6) is -1.77. The Bertz CT molecular complexity index is 270. The van der Waals surface area contributed by atoms with Gasteiger partial charge in [0.2, 0.25) is 5.91 Å². The highest BCUT2D eigenvalue weighted by Crippen LogP contribution is 2.23. The van der Waals surface area contributed by atoms with E-state index in [1.165, 1.54) is 0 Å². The number of rotatable bonds is 4. The number of amides is 1. The summed E-state index contributed by atoms with van der Waals surface area (Å²) in [7, 11) is 0. The van der Waals surface area contributed by atoms with Gasteiger partial charge in [0.15, 0.2) is 0 Å².